The number of piperazine rings is 1. The Morgan fingerprint density at radius 2 is 1.45 bits per heavy atom. The molecule has 0 saturated carbocycles. The Balaban J connectivity index is 1.45. The van der Waals surface area contributed by atoms with Gasteiger partial charge < -0.3 is 19.9 Å². The number of carbonyl (C=O) groups excluding carboxylic acids is 3. The molecule has 1 N–H and O–H groups in total. The molecule has 0 bridgehead atoms. The Hall–Kier alpha value is -3.35. The van der Waals surface area contributed by atoms with Crippen LogP contribution in [-0.4, -0.2) is 60.8 Å². The molecule has 0 radical (unpaired) electrons. The van der Waals surface area contributed by atoms with Crippen LogP contribution in [0.15, 0.2) is 48.5 Å². The lowest BCUT2D eigenvalue weighted by Gasteiger charge is -2.35. The van der Waals surface area contributed by atoms with E-state index in [0.717, 1.165) is 16.9 Å². The normalized spacial score (nSPS) is 13.6. The minimum Gasteiger partial charge on any atom is -0.497 e. The third kappa shape index (κ3) is 6.31. The van der Waals surface area contributed by atoms with Crippen molar-refractivity contribution < 1.29 is 19.1 Å². The van der Waals surface area contributed by atoms with E-state index in [2.05, 4.69) is 5.32 Å². The SMILES string of the molecule is COc1ccc(CCC(=O)N2CCN(C(=O)c3ccc(CNC(C)=O)cc3)CC2)cc1. The summed E-state index contributed by atoms with van der Waals surface area (Å²) in [6.45, 7) is 4.07. The number of methoxy groups -OCH3 is 1. The molecule has 164 valence electrons. The molecule has 31 heavy (non-hydrogen) atoms. The lowest BCUT2D eigenvalue weighted by Crippen LogP contribution is -2.50. The molecule has 0 spiro atoms. The third-order valence-electron chi connectivity index (χ3n) is 5.45. The smallest absolute Gasteiger partial charge is 0.253 e. The van der Waals surface area contributed by atoms with Crippen molar-refractivity contribution in [3.63, 3.8) is 0 Å². The van der Waals surface area contributed by atoms with Crippen LogP contribution in [0, 0.1) is 0 Å². The molecule has 1 heterocycles. The fourth-order valence-corrected chi connectivity index (χ4v) is 3.53. The monoisotopic (exact) mass is 423 g/mol. The van der Waals surface area contributed by atoms with E-state index in [1.54, 1.807) is 24.1 Å². The second-order valence-corrected chi connectivity index (χ2v) is 7.63. The van der Waals surface area contributed by atoms with Gasteiger partial charge in [-0.3, -0.25) is 14.4 Å². The van der Waals surface area contributed by atoms with Gasteiger partial charge in [-0.15, -0.1) is 0 Å². The molecular weight excluding hydrogens is 394 g/mol. The molecule has 1 aliphatic heterocycles. The standard InChI is InChI=1S/C24H29N3O4/c1-18(28)25-17-20-3-8-21(9-4-20)24(30)27-15-13-26(14-16-27)23(29)12-7-19-5-10-22(31-2)11-6-19/h3-6,8-11H,7,12-17H2,1-2H3,(H,25,28). The predicted octanol–water partition coefficient (Wildman–Crippen LogP) is 2.25. The number of rotatable bonds is 7. The number of hydrogen-bond acceptors (Lipinski definition) is 4. The summed E-state index contributed by atoms with van der Waals surface area (Å²) in [4.78, 5) is 39.9. The minimum absolute atomic E-state index is 0.0311. The van der Waals surface area contributed by atoms with E-state index in [0.29, 0.717) is 51.1 Å². The van der Waals surface area contributed by atoms with Crippen LogP contribution in [0.1, 0.15) is 34.8 Å². The molecule has 1 fully saturated rings. The van der Waals surface area contributed by atoms with E-state index in [1.165, 1.54) is 6.92 Å². The summed E-state index contributed by atoms with van der Waals surface area (Å²) in [5, 5.41) is 2.74. The van der Waals surface area contributed by atoms with Crippen molar-refractivity contribution in [1.82, 2.24) is 15.1 Å². The lowest BCUT2D eigenvalue weighted by molar-refractivity contribution is -0.132. The number of benzene rings is 2. The first-order chi connectivity index (χ1) is 15.0. The highest BCUT2D eigenvalue weighted by Crippen LogP contribution is 2.15. The second kappa shape index (κ2) is 10.6. The number of nitrogens with zero attached hydrogens (tertiary/aromatic N) is 2. The van der Waals surface area contributed by atoms with E-state index in [-0.39, 0.29) is 17.7 Å². The van der Waals surface area contributed by atoms with Gasteiger partial charge in [0.2, 0.25) is 11.8 Å². The topological polar surface area (TPSA) is 79.0 Å². The summed E-state index contributed by atoms with van der Waals surface area (Å²) in [6.07, 6.45) is 1.14. The van der Waals surface area contributed by atoms with Crippen molar-refractivity contribution in [3.8, 4) is 5.75 Å². The highest BCUT2D eigenvalue weighted by atomic mass is 16.5. The predicted molar refractivity (Wildman–Crippen MR) is 118 cm³/mol. The molecule has 2 aromatic rings. The van der Waals surface area contributed by atoms with Gasteiger partial charge in [-0.1, -0.05) is 24.3 Å². The van der Waals surface area contributed by atoms with Gasteiger partial charge in [-0.2, -0.15) is 0 Å². The summed E-state index contributed by atoms with van der Waals surface area (Å²) in [5.41, 5.74) is 2.66. The second-order valence-electron chi connectivity index (χ2n) is 7.63. The zero-order valence-electron chi connectivity index (χ0n) is 18.1. The first-order valence-corrected chi connectivity index (χ1v) is 10.5. The average Bonchev–Trinajstić information content (AvgIpc) is 2.81. The van der Waals surface area contributed by atoms with E-state index in [4.69, 9.17) is 4.74 Å². The Morgan fingerprint density at radius 3 is 2.03 bits per heavy atom. The molecule has 0 aliphatic carbocycles. The highest BCUT2D eigenvalue weighted by molar-refractivity contribution is 5.94. The number of ether oxygens (including phenoxy) is 1. The van der Waals surface area contributed by atoms with Gasteiger partial charge in [0.1, 0.15) is 5.75 Å². The van der Waals surface area contributed by atoms with E-state index >= 15 is 0 Å². The zero-order valence-corrected chi connectivity index (χ0v) is 18.1. The number of nitrogens with one attached hydrogen (secondary N) is 1. The maximum Gasteiger partial charge on any atom is 0.253 e. The van der Waals surface area contributed by atoms with Gasteiger partial charge in [0.05, 0.1) is 7.11 Å². The minimum atomic E-state index is -0.0865. The average molecular weight is 424 g/mol. The summed E-state index contributed by atoms with van der Waals surface area (Å²) < 4.78 is 5.15. The van der Waals surface area contributed by atoms with Crippen LogP contribution in [0.25, 0.3) is 0 Å². The molecule has 2 aromatic carbocycles. The fraction of sp³-hybridized carbons (Fsp3) is 0.375. The molecule has 7 heteroatoms. The van der Waals surface area contributed by atoms with Crippen LogP contribution < -0.4 is 10.1 Å². The van der Waals surface area contributed by atoms with Crippen LogP contribution >= 0.6 is 0 Å². The van der Waals surface area contributed by atoms with Crippen LogP contribution in [0.2, 0.25) is 0 Å². The van der Waals surface area contributed by atoms with Crippen molar-refractivity contribution in [1.29, 1.82) is 0 Å². The first kappa shape index (κ1) is 22.3. The van der Waals surface area contributed by atoms with Crippen molar-refractivity contribution in [3.05, 3.63) is 65.2 Å². The lowest BCUT2D eigenvalue weighted by atomic mass is 10.1. The number of carbonyl (C=O) groups is 3. The largest absolute Gasteiger partial charge is 0.497 e. The molecule has 3 rings (SSSR count). The van der Waals surface area contributed by atoms with Crippen LogP contribution in [0.3, 0.4) is 0 Å². The highest BCUT2D eigenvalue weighted by Gasteiger charge is 2.24. The third-order valence-corrected chi connectivity index (χ3v) is 5.45. The quantitative estimate of drug-likeness (QED) is 0.741. The van der Waals surface area contributed by atoms with Crippen LogP contribution in [0.4, 0.5) is 0 Å². The molecule has 1 aliphatic rings. The maximum absolute atomic E-state index is 12.8. The summed E-state index contributed by atoms with van der Waals surface area (Å²) >= 11 is 0. The Kier molecular flexibility index (Phi) is 7.65. The van der Waals surface area contributed by atoms with E-state index in [1.807, 2.05) is 41.3 Å². The van der Waals surface area contributed by atoms with E-state index < -0.39 is 0 Å². The molecular formula is C24H29N3O4. The molecule has 7 nitrogen and oxygen atoms in total. The van der Waals surface area contributed by atoms with Crippen molar-refractivity contribution in [2.75, 3.05) is 33.3 Å². The van der Waals surface area contributed by atoms with Crippen molar-refractivity contribution in [2.45, 2.75) is 26.3 Å². The van der Waals surface area contributed by atoms with Gasteiger partial charge in [0, 0.05) is 51.6 Å². The van der Waals surface area contributed by atoms with Gasteiger partial charge in [0.15, 0.2) is 0 Å². The van der Waals surface area contributed by atoms with Gasteiger partial charge in [-0.25, -0.2) is 0 Å². The van der Waals surface area contributed by atoms with Gasteiger partial charge >= 0.3 is 0 Å². The molecule has 0 aromatic heterocycles. The molecule has 1 saturated heterocycles. The number of hydrogen-bond donors (Lipinski definition) is 1. The van der Waals surface area contributed by atoms with Gasteiger partial charge in [0.25, 0.3) is 5.91 Å². The summed E-state index contributed by atoms with van der Waals surface area (Å²) in [5.74, 6) is 0.802. The summed E-state index contributed by atoms with van der Waals surface area (Å²) in [6, 6.07) is 15.0. The molecule has 0 atom stereocenters. The van der Waals surface area contributed by atoms with Crippen molar-refractivity contribution in [2.24, 2.45) is 0 Å². The van der Waals surface area contributed by atoms with Crippen LogP contribution in [0.5, 0.6) is 5.75 Å². The van der Waals surface area contributed by atoms with Gasteiger partial charge in [-0.05, 0) is 41.8 Å². The molecule has 3 amide bonds. The maximum atomic E-state index is 12.8. The zero-order chi connectivity index (χ0) is 22.2. The summed E-state index contributed by atoms with van der Waals surface area (Å²) in [7, 11) is 1.63. The fourth-order valence-electron chi connectivity index (χ4n) is 3.53. The van der Waals surface area contributed by atoms with Crippen molar-refractivity contribution >= 4 is 17.7 Å². The number of aryl methyl sites for hydroxylation is 1. The van der Waals surface area contributed by atoms with Crippen LogP contribution in [-0.2, 0) is 22.6 Å². The Labute approximate surface area is 183 Å². The molecule has 0 unspecified atom stereocenters. The Bertz CT molecular complexity index is 901. The Morgan fingerprint density at radius 1 is 0.871 bits per heavy atom. The first-order valence-electron chi connectivity index (χ1n) is 10.5. The van der Waals surface area contributed by atoms with E-state index in [9.17, 15) is 14.4 Å². The number of amides is 3.